The lowest BCUT2D eigenvalue weighted by molar-refractivity contribution is -0.120. The molecule has 4 rings (SSSR count). The highest BCUT2D eigenvalue weighted by Crippen LogP contribution is 2.33. The smallest absolute Gasteiger partial charge is 0.226 e. The maximum absolute atomic E-state index is 12.4. The number of rotatable bonds is 8. The van der Waals surface area contributed by atoms with Crippen molar-refractivity contribution >= 4 is 23.1 Å². The molecular formula is C24H28N4O4S. The number of thiazole rings is 1. The molecule has 1 N–H and O–H groups in total. The van der Waals surface area contributed by atoms with E-state index in [1.165, 1.54) is 11.3 Å². The predicted octanol–water partition coefficient (Wildman–Crippen LogP) is 3.31. The van der Waals surface area contributed by atoms with Crippen molar-refractivity contribution in [1.82, 2.24) is 15.3 Å². The van der Waals surface area contributed by atoms with Crippen molar-refractivity contribution in [2.45, 2.75) is 26.0 Å². The second kappa shape index (κ2) is 10.6. The summed E-state index contributed by atoms with van der Waals surface area (Å²) in [7, 11) is 3.21. The Labute approximate surface area is 197 Å². The molecule has 1 aliphatic heterocycles. The molecule has 1 aliphatic rings. The lowest BCUT2D eigenvalue weighted by Gasteiger charge is -2.32. The number of hydrogen-bond acceptors (Lipinski definition) is 8. The largest absolute Gasteiger partial charge is 0.493 e. The quantitative estimate of drug-likeness (QED) is 0.543. The monoisotopic (exact) mass is 468 g/mol. The molecule has 9 heteroatoms. The molecule has 0 saturated carbocycles. The number of benzene rings is 1. The Kier molecular flexibility index (Phi) is 7.41. The average molecular weight is 469 g/mol. The van der Waals surface area contributed by atoms with E-state index in [2.05, 4.69) is 27.1 Å². The molecule has 33 heavy (non-hydrogen) atoms. The maximum atomic E-state index is 12.4. The molecule has 0 bridgehead atoms. The van der Waals surface area contributed by atoms with Gasteiger partial charge in [0.1, 0.15) is 10.8 Å². The summed E-state index contributed by atoms with van der Waals surface area (Å²) < 4.78 is 16.2. The van der Waals surface area contributed by atoms with Crippen LogP contribution in [-0.4, -0.2) is 55.9 Å². The van der Waals surface area contributed by atoms with Crippen LogP contribution in [0.5, 0.6) is 11.5 Å². The summed E-state index contributed by atoms with van der Waals surface area (Å²) in [5.74, 6) is 2.17. The number of hydrogen-bond donors (Lipinski definition) is 1. The first-order valence-corrected chi connectivity index (χ1v) is 11.7. The minimum absolute atomic E-state index is 0.0785. The summed E-state index contributed by atoms with van der Waals surface area (Å²) in [5.41, 5.74) is 2.61. The third-order valence-corrected chi connectivity index (χ3v) is 6.33. The molecule has 1 fully saturated rings. The number of aromatic nitrogens is 2. The van der Waals surface area contributed by atoms with Gasteiger partial charge in [-0.15, -0.1) is 11.3 Å². The van der Waals surface area contributed by atoms with E-state index in [1.54, 1.807) is 14.2 Å². The number of amides is 1. The first-order chi connectivity index (χ1) is 16.1. The van der Waals surface area contributed by atoms with E-state index in [4.69, 9.17) is 14.2 Å². The Morgan fingerprint density at radius 3 is 2.82 bits per heavy atom. The van der Waals surface area contributed by atoms with Crippen LogP contribution in [0.3, 0.4) is 0 Å². The Morgan fingerprint density at radius 2 is 2.09 bits per heavy atom. The standard InChI is InChI=1S/C24H28N4O4S/c1-16-14-28(8-9-32-16)22-7-4-17(12-25-22)13-26-23(29)11-19-15-33-24(27-19)18-5-6-20(30-2)21(10-18)31-3/h4-7,10,12,15-16H,8-9,11,13-14H2,1-3H3,(H,26,29). The van der Waals surface area contributed by atoms with Gasteiger partial charge in [-0.05, 0) is 36.8 Å². The molecule has 1 amide bonds. The molecule has 1 unspecified atom stereocenters. The lowest BCUT2D eigenvalue weighted by atomic mass is 10.2. The van der Waals surface area contributed by atoms with Crippen LogP contribution in [0.4, 0.5) is 5.82 Å². The Bertz CT molecular complexity index is 1090. The second-order valence-electron chi connectivity index (χ2n) is 7.82. The zero-order valence-electron chi connectivity index (χ0n) is 19.0. The Morgan fingerprint density at radius 1 is 1.24 bits per heavy atom. The third-order valence-electron chi connectivity index (χ3n) is 5.39. The SMILES string of the molecule is COc1ccc(-c2nc(CC(=O)NCc3ccc(N4CCOC(C)C4)nc3)cs2)cc1OC. The minimum atomic E-state index is -0.0785. The van der Waals surface area contributed by atoms with Crippen molar-refractivity contribution in [2.24, 2.45) is 0 Å². The molecular weight excluding hydrogens is 440 g/mol. The molecule has 2 aromatic heterocycles. The average Bonchev–Trinajstić information content (AvgIpc) is 3.31. The van der Waals surface area contributed by atoms with Gasteiger partial charge in [-0.3, -0.25) is 4.79 Å². The van der Waals surface area contributed by atoms with Crippen molar-refractivity contribution in [3.63, 3.8) is 0 Å². The molecule has 3 aromatic rings. The van der Waals surface area contributed by atoms with Gasteiger partial charge in [-0.2, -0.15) is 0 Å². The molecule has 1 atom stereocenters. The van der Waals surface area contributed by atoms with E-state index < -0.39 is 0 Å². The fourth-order valence-corrected chi connectivity index (χ4v) is 4.47. The minimum Gasteiger partial charge on any atom is -0.493 e. The second-order valence-corrected chi connectivity index (χ2v) is 8.68. The van der Waals surface area contributed by atoms with Gasteiger partial charge in [0.2, 0.25) is 5.91 Å². The van der Waals surface area contributed by atoms with Gasteiger partial charge in [-0.25, -0.2) is 9.97 Å². The van der Waals surface area contributed by atoms with Crippen molar-refractivity contribution in [3.8, 4) is 22.1 Å². The number of ether oxygens (including phenoxy) is 3. The summed E-state index contributed by atoms with van der Waals surface area (Å²) in [6.07, 6.45) is 2.24. The van der Waals surface area contributed by atoms with Crippen LogP contribution in [-0.2, 0) is 22.5 Å². The van der Waals surface area contributed by atoms with E-state index in [0.29, 0.717) is 24.7 Å². The Balaban J connectivity index is 1.30. The zero-order chi connectivity index (χ0) is 23.2. The first-order valence-electron chi connectivity index (χ1n) is 10.8. The predicted molar refractivity (Wildman–Crippen MR) is 128 cm³/mol. The van der Waals surface area contributed by atoms with Crippen molar-refractivity contribution in [1.29, 1.82) is 0 Å². The van der Waals surface area contributed by atoms with Crippen LogP contribution >= 0.6 is 11.3 Å². The fourth-order valence-electron chi connectivity index (χ4n) is 3.65. The topological polar surface area (TPSA) is 85.8 Å². The van der Waals surface area contributed by atoms with Crippen LogP contribution in [0.15, 0.2) is 41.9 Å². The van der Waals surface area contributed by atoms with Gasteiger partial charge in [0.25, 0.3) is 0 Å². The van der Waals surface area contributed by atoms with Crippen LogP contribution in [0.25, 0.3) is 10.6 Å². The summed E-state index contributed by atoms with van der Waals surface area (Å²) in [5, 5.41) is 5.69. The number of carbonyl (C=O) groups excluding carboxylic acids is 1. The highest BCUT2D eigenvalue weighted by atomic mass is 32.1. The van der Waals surface area contributed by atoms with Gasteiger partial charge in [-0.1, -0.05) is 6.07 Å². The molecule has 0 radical (unpaired) electrons. The normalized spacial score (nSPS) is 15.8. The molecule has 0 spiro atoms. The molecule has 1 aromatic carbocycles. The molecule has 3 heterocycles. The Hall–Kier alpha value is -3.17. The van der Waals surface area contributed by atoms with Crippen molar-refractivity contribution in [3.05, 3.63) is 53.2 Å². The molecule has 174 valence electrons. The van der Waals surface area contributed by atoms with Crippen LogP contribution in [0, 0.1) is 0 Å². The van der Waals surface area contributed by atoms with E-state index in [-0.39, 0.29) is 18.4 Å². The van der Waals surface area contributed by atoms with Crippen molar-refractivity contribution < 1.29 is 19.0 Å². The number of methoxy groups -OCH3 is 2. The highest BCUT2D eigenvalue weighted by Gasteiger charge is 2.18. The van der Waals surface area contributed by atoms with Gasteiger partial charge in [0.15, 0.2) is 11.5 Å². The zero-order valence-corrected chi connectivity index (χ0v) is 19.9. The van der Waals surface area contributed by atoms with E-state index in [1.807, 2.05) is 41.9 Å². The summed E-state index contributed by atoms with van der Waals surface area (Å²) in [6.45, 7) is 4.88. The molecule has 0 aliphatic carbocycles. The van der Waals surface area contributed by atoms with Crippen LogP contribution < -0.4 is 19.7 Å². The summed E-state index contributed by atoms with van der Waals surface area (Å²) in [4.78, 5) is 23.8. The molecule has 8 nitrogen and oxygen atoms in total. The van der Waals surface area contributed by atoms with Gasteiger partial charge < -0.3 is 24.4 Å². The van der Waals surface area contributed by atoms with Crippen LogP contribution in [0.1, 0.15) is 18.2 Å². The number of carbonyl (C=O) groups is 1. The van der Waals surface area contributed by atoms with Crippen LogP contribution in [0.2, 0.25) is 0 Å². The van der Waals surface area contributed by atoms with E-state index >= 15 is 0 Å². The number of morpholine rings is 1. The summed E-state index contributed by atoms with van der Waals surface area (Å²) >= 11 is 1.50. The van der Waals surface area contributed by atoms with E-state index in [9.17, 15) is 4.79 Å². The van der Waals surface area contributed by atoms with Crippen molar-refractivity contribution in [2.75, 3.05) is 38.8 Å². The van der Waals surface area contributed by atoms with E-state index in [0.717, 1.165) is 40.7 Å². The number of nitrogens with one attached hydrogen (secondary N) is 1. The number of nitrogens with zero attached hydrogens (tertiary/aromatic N) is 3. The van der Waals surface area contributed by atoms with Gasteiger partial charge in [0, 0.05) is 36.8 Å². The first kappa shape index (κ1) is 23.0. The van der Waals surface area contributed by atoms with Gasteiger partial charge in [0.05, 0.1) is 39.0 Å². The molecule has 1 saturated heterocycles. The highest BCUT2D eigenvalue weighted by molar-refractivity contribution is 7.13. The fraction of sp³-hybridized carbons (Fsp3) is 0.375. The third kappa shape index (κ3) is 5.80. The summed E-state index contributed by atoms with van der Waals surface area (Å²) in [6, 6.07) is 9.66. The number of pyridine rings is 1. The number of anilines is 1. The lowest BCUT2D eigenvalue weighted by Crippen LogP contribution is -2.41. The maximum Gasteiger partial charge on any atom is 0.226 e. The van der Waals surface area contributed by atoms with Gasteiger partial charge >= 0.3 is 0 Å².